The zero-order chi connectivity index (χ0) is 16.7. The first-order chi connectivity index (χ1) is 11.2. The number of nitrogens with one attached hydrogen (secondary N) is 1. The molecule has 1 amide bonds. The van der Waals surface area contributed by atoms with Crippen molar-refractivity contribution in [2.75, 3.05) is 21.3 Å². The molecular formula is C18H21NO4. The molecule has 0 aromatic heterocycles. The zero-order valence-electron chi connectivity index (χ0n) is 13.6. The molecule has 0 aliphatic carbocycles. The van der Waals surface area contributed by atoms with Crippen LogP contribution in [0.1, 0.15) is 11.1 Å². The molecule has 122 valence electrons. The molecule has 5 nitrogen and oxygen atoms in total. The van der Waals surface area contributed by atoms with Crippen molar-refractivity contribution in [3.05, 3.63) is 53.6 Å². The van der Waals surface area contributed by atoms with Gasteiger partial charge in [0.25, 0.3) is 0 Å². The predicted octanol–water partition coefficient (Wildman–Crippen LogP) is 2.57. The first-order valence-corrected chi connectivity index (χ1v) is 7.26. The van der Waals surface area contributed by atoms with Crippen LogP contribution in [0.5, 0.6) is 17.2 Å². The fourth-order valence-corrected chi connectivity index (χ4v) is 2.18. The largest absolute Gasteiger partial charge is 0.497 e. The van der Waals surface area contributed by atoms with E-state index in [9.17, 15) is 4.79 Å². The van der Waals surface area contributed by atoms with E-state index in [0.717, 1.165) is 22.6 Å². The van der Waals surface area contributed by atoms with Crippen LogP contribution in [0.2, 0.25) is 0 Å². The third kappa shape index (κ3) is 4.64. The van der Waals surface area contributed by atoms with Crippen LogP contribution in [0.4, 0.5) is 0 Å². The second-order valence-corrected chi connectivity index (χ2v) is 4.98. The van der Waals surface area contributed by atoms with E-state index in [2.05, 4.69) is 5.32 Å². The molecule has 0 atom stereocenters. The number of hydrogen-bond acceptors (Lipinski definition) is 4. The molecule has 0 saturated carbocycles. The molecule has 5 heteroatoms. The lowest BCUT2D eigenvalue weighted by atomic mass is 10.1. The summed E-state index contributed by atoms with van der Waals surface area (Å²) in [5.41, 5.74) is 1.83. The molecule has 0 heterocycles. The van der Waals surface area contributed by atoms with Gasteiger partial charge in [0.2, 0.25) is 5.91 Å². The first kappa shape index (κ1) is 16.7. The van der Waals surface area contributed by atoms with Gasteiger partial charge in [0.1, 0.15) is 17.2 Å². The predicted molar refractivity (Wildman–Crippen MR) is 88.1 cm³/mol. The van der Waals surface area contributed by atoms with Gasteiger partial charge in [0.15, 0.2) is 0 Å². The molecule has 2 aromatic carbocycles. The Balaban J connectivity index is 1.93. The molecule has 1 N–H and O–H groups in total. The standard InChI is InChI=1S/C18H21NO4/c1-21-15-7-4-13(5-8-15)10-18(20)19-12-14-6-9-16(22-2)11-17(14)23-3/h4-9,11H,10,12H2,1-3H3,(H,19,20). The quantitative estimate of drug-likeness (QED) is 0.853. The maximum absolute atomic E-state index is 12.1. The van der Waals surface area contributed by atoms with Crippen molar-refractivity contribution in [3.8, 4) is 17.2 Å². The lowest BCUT2D eigenvalue weighted by Crippen LogP contribution is -2.24. The number of carbonyl (C=O) groups excluding carboxylic acids is 1. The maximum atomic E-state index is 12.1. The zero-order valence-corrected chi connectivity index (χ0v) is 13.6. The van der Waals surface area contributed by atoms with Crippen molar-refractivity contribution >= 4 is 5.91 Å². The highest BCUT2D eigenvalue weighted by Crippen LogP contribution is 2.24. The van der Waals surface area contributed by atoms with Crippen molar-refractivity contribution in [1.29, 1.82) is 0 Å². The number of rotatable bonds is 7. The number of amides is 1. The van der Waals surface area contributed by atoms with Crippen molar-refractivity contribution in [1.82, 2.24) is 5.32 Å². The highest BCUT2D eigenvalue weighted by Gasteiger charge is 2.08. The molecule has 2 rings (SSSR count). The van der Waals surface area contributed by atoms with E-state index in [1.165, 1.54) is 0 Å². The molecule has 23 heavy (non-hydrogen) atoms. The van der Waals surface area contributed by atoms with Crippen molar-refractivity contribution in [2.45, 2.75) is 13.0 Å². The summed E-state index contributed by atoms with van der Waals surface area (Å²) in [7, 11) is 4.81. The monoisotopic (exact) mass is 315 g/mol. The molecular weight excluding hydrogens is 294 g/mol. The Morgan fingerprint density at radius 2 is 1.57 bits per heavy atom. The molecule has 0 aliphatic heterocycles. The smallest absolute Gasteiger partial charge is 0.224 e. The molecule has 0 aliphatic rings. The van der Waals surface area contributed by atoms with E-state index < -0.39 is 0 Å². The van der Waals surface area contributed by atoms with Gasteiger partial charge in [-0.15, -0.1) is 0 Å². The summed E-state index contributed by atoms with van der Waals surface area (Å²) in [6.07, 6.45) is 0.322. The van der Waals surface area contributed by atoms with E-state index in [1.54, 1.807) is 27.4 Å². The average molecular weight is 315 g/mol. The van der Waals surface area contributed by atoms with Crippen LogP contribution in [-0.4, -0.2) is 27.2 Å². The van der Waals surface area contributed by atoms with Gasteiger partial charge in [-0.1, -0.05) is 12.1 Å². The minimum Gasteiger partial charge on any atom is -0.497 e. The SMILES string of the molecule is COc1ccc(CC(=O)NCc2ccc(OC)cc2OC)cc1. The van der Waals surface area contributed by atoms with E-state index in [-0.39, 0.29) is 5.91 Å². The van der Waals surface area contributed by atoms with Crippen LogP contribution in [0, 0.1) is 0 Å². The molecule has 0 radical (unpaired) electrons. The molecule has 0 fully saturated rings. The van der Waals surface area contributed by atoms with Crippen LogP contribution in [0.15, 0.2) is 42.5 Å². The van der Waals surface area contributed by atoms with Gasteiger partial charge in [-0.3, -0.25) is 4.79 Å². The summed E-state index contributed by atoms with van der Waals surface area (Å²) >= 11 is 0. The van der Waals surface area contributed by atoms with Gasteiger partial charge >= 0.3 is 0 Å². The van der Waals surface area contributed by atoms with Crippen LogP contribution in [0.3, 0.4) is 0 Å². The molecule has 0 saturated heterocycles. The topological polar surface area (TPSA) is 56.8 Å². The summed E-state index contributed by atoms with van der Waals surface area (Å²) in [4.78, 5) is 12.1. The van der Waals surface area contributed by atoms with Gasteiger partial charge in [-0.2, -0.15) is 0 Å². The summed E-state index contributed by atoms with van der Waals surface area (Å²) < 4.78 is 15.6. The van der Waals surface area contributed by atoms with E-state index in [4.69, 9.17) is 14.2 Å². The highest BCUT2D eigenvalue weighted by molar-refractivity contribution is 5.78. The maximum Gasteiger partial charge on any atom is 0.224 e. The van der Waals surface area contributed by atoms with Crippen LogP contribution in [0.25, 0.3) is 0 Å². The third-order valence-corrected chi connectivity index (χ3v) is 3.49. The van der Waals surface area contributed by atoms with Gasteiger partial charge in [-0.05, 0) is 29.8 Å². The van der Waals surface area contributed by atoms with Gasteiger partial charge < -0.3 is 19.5 Å². The highest BCUT2D eigenvalue weighted by atomic mass is 16.5. The average Bonchev–Trinajstić information content (AvgIpc) is 2.60. The Labute approximate surface area is 136 Å². The lowest BCUT2D eigenvalue weighted by Gasteiger charge is -2.11. The third-order valence-electron chi connectivity index (χ3n) is 3.49. The Morgan fingerprint density at radius 1 is 0.913 bits per heavy atom. The van der Waals surface area contributed by atoms with E-state index in [1.807, 2.05) is 36.4 Å². The van der Waals surface area contributed by atoms with Crippen LogP contribution < -0.4 is 19.5 Å². The van der Waals surface area contributed by atoms with Gasteiger partial charge in [0.05, 0.1) is 27.8 Å². The number of ether oxygens (including phenoxy) is 3. The first-order valence-electron chi connectivity index (χ1n) is 7.26. The molecule has 2 aromatic rings. The van der Waals surface area contributed by atoms with Crippen LogP contribution in [-0.2, 0) is 17.8 Å². The van der Waals surface area contributed by atoms with Gasteiger partial charge in [-0.25, -0.2) is 0 Å². The number of methoxy groups -OCH3 is 3. The van der Waals surface area contributed by atoms with Crippen molar-refractivity contribution in [2.24, 2.45) is 0 Å². The minimum atomic E-state index is -0.0481. The normalized spacial score (nSPS) is 10.0. The number of hydrogen-bond donors (Lipinski definition) is 1. The Bertz CT molecular complexity index is 653. The number of benzene rings is 2. The molecule has 0 unspecified atom stereocenters. The summed E-state index contributed by atoms with van der Waals surface area (Å²) in [6.45, 7) is 0.405. The second-order valence-electron chi connectivity index (χ2n) is 4.98. The Hall–Kier alpha value is -2.69. The fraction of sp³-hybridized carbons (Fsp3) is 0.278. The van der Waals surface area contributed by atoms with E-state index >= 15 is 0 Å². The summed E-state index contributed by atoms with van der Waals surface area (Å²) in [6, 6.07) is 13.0. The second kappa shape index (κ2) is 8.08. The summed E-state index contributed by atoms with van der Waals surface area (Å²) in [5, 5.41) is 2.90. The molecule has 0 bridgehead atoms. The van der Waals surface area contributed by atoms with E-state index in [0.29, 0.717) is 18.7 Å². The lowest BCUT2D eigenvalue weighted by molar-refractivity contribution is -0.120. The van der Waals surface area contributed by atoms with Crippen LogP contribution >= 0.6 is 0 Å². The van der Waals surface area contributed by atoms with Gasteiger partial charge in [0, 0.05) is 18.2 Å². The summed E-state index contributed by atoms with van der Waals surface area (Å²) in [5.74, 6) is 2.13. The Kier molecular flexibility index (Phi) is 5.86. The fourth-order valence-electron chi connectivity index (χ4n) is 2.18. The van der Waals surface area contributed by atoms with Crippen molar-refractivity contribution in [3.63, 3.8) is 0 Å². The van der Waals surface area contributed by atoms with Crippen molar-refractivity contribution < 1.29 is 19.0 Å². The Morgan fingerprint density at radius 3 is 2.17 bits per heavy atom. The number of carbonyl (C=O) groups is 1. The minimum absolute atomic E-state index is 0.0481. The molecule has 0 spiro atoms.